The molecule has 2 aliphatic rings. The molecule has 4 rings (SSSR count). The topological polar surface area (TPSA) is 67.9 Å². The second kappa shape index (κ2) is 9.56. The van der Waals surface area contributed by atoms with Crippen LogP contribution >= 0.6 is 15.9 Å². The van der Waals surface area contributed by atoms with Crippen LogP contribution in [-0.2, 0) is 11.4 Å². The molecule has 0 atom stereocenters. The summed E-state index contributed by atoms with van der Waals surface area (Å²) in [5.74, 6) is 0.914. The van der Waals surface area contributed by atoms with Crippen LogP contribution in [0.4, 0.5) is 4.79 Å². The van der Waals surface area contributed by atoms with E-state index in [2.05, 4.69) is 21.2 Å². The number of hydrogen-bond acceptors (Lipinski definition) is 4. The first kappa shape index (κ1) is 21.4. The van der Waals surface area contributed by atoms with Crippen LogP contribution in [0.3, 0.4) is 0 Å². The molecule has 1 heterocycles. The van der Waals surface area contributed by atoms with Gasteiger partial charge < -0.3 is 14.8 Å². The summed E-state index contributed by atoms with van der Waals surface area (Å²) in [6, 6.07) is 13.0. The second-order valence-electron chi connectivity index (χ2n) is 7.78. The van der Waals surface area contributed by atoms with Crippen molar-refractivity contribution >= 4 is 33.9 Å². The predicted molar refractivity (Wildman–Crippen MR) is 122 cm³/mol. The highest BCUT2D eigenvalue weighted by Crippen LogP contribution is 2.31. The molecule has 1 aliphatic heterocycles. The number of urea groups is 1. The SMILES string of the molecule is COc1cc(/C=C2\NC(=O)N(C3CCCCC3)C2=O)ccc1OCc1ccc(Br)cc1. The summed E-state index contributed by atoms with van der Waals surface area (Å²) >= 11 is 3.42. The number of amides is 3. The molecule has 0 spiro atoms. The Hall–Kier alpha value is -2.80. The third-order valence-corrected chi connectivity index (χ3v) is 6.18. The molecule has 6 nitrogen and oxygen atoms in total. The Bertz CT molecular complexity index is 997. The van der Waals surface area contributed by atoms with Gasteiger partial charge in [-0.1, -0.05) is 53.4 Å². The third kappa shape index (κ3) is 4.93. The summed E-state index contributed by atoms with van der Waals surface area (Å²) in [6.07, 6.45) is 6.72. The zero-order valence-electron chi connectivity index (χ0n) is 17.4. The van der Waals surface area contributed by atoms with Crippen molar-refractivity contribution in [3.05, 3.63) is 63.8 Å². The predicted octanol–water partition coefficient (Wildman–Crippen LogP) is 5.26. The van der Waals surface area contributed by atoms with Crippen LogP contribution in [0.15, 0.2) is 52.6 Å². The van der Waals surface area contributed by atoms with Gasteiger partial charge in [-0.05, 0) is 54.3 Å². The lowest BCUT2D eigenvalue weighted by molar-refractivity contribution is -0.124. The highest BCUT2D eigenvalue weighted by molar-refractivity contribution is 9.10. The van der Waals surface area contributed by atoms with Crippen molar-refractivity contribution in [3.8, 4) is 11.5 Å². The Morgan fingerprint density at radius 1 is 1.06 bits per heavy atom. The molecule has 1 aliphatic carbocycles. The number of halogens is 1. The minimum absolute atomic E-state index is 0.00364. The number of nitrogens with zero attached hydrogens (tertiary/aromatic N) is 1. The molecule has 7 heteroatoms. The maximum Gasteiger partial charge on any atom is 0.329 e. The first-order valence-corrected chi connectivity index (χ1v) is 11.3. The minimum atomic E-state index is -0.329. The van der Waals surface area contributed by atoms with Gasteiger partial charge in [-0.3, -0.25) is 9.69 Å². The summed E-state index contributed by atoms with van der Waals surface area (Å²) in [7, 11) is 1.58. The maximum absolute atomic E-state index is 12.8. The summed E-state index contributed by atoms with van der Waals surface area (Å²) in [5.41, 5.74) is 2.08. The molecule has 1 saturated carbocycles. The normalized spacial score (nSPS) is 18.4. The van der Waals surface area contributed by atoms with Gasteiger partial charge in [0.1, 0.15) is 12.3 Å². The third-order valence-electron chi connectivity index (χ3n) is 5.66. The monoisotopic (exact) mass is 484 g/mol. The first-order valence-electron chi connectivity index (χ1n) is 10.5. The molecule has 1 N–H and O–H groups in total. The van der Waals surface area contributed by atoms with Gasteiger partial charge in [0.2, 0.25) is 0 Å². The Balaban J connectivity index is 1.48. The number of benzene rings is 2. The molecule has 0 aromatic heterocycles. The molecular weight excluding hydrogens is 460 g/mol. The summed E-state index contributed by atoms with van der Waals surface area (Å²) in [5, 5.41) is 2.73. The van der Waals surface area contributed by atoms with E-state index in [4.69, 9.17) is 9.47 Å². The number of hydrogen-bond donors (Lipinski definition) is 1. The number of carbonyl (C=O) groups is 2. The van der Waals surface area contributed by atoms with E-state index < -0.39 is 0 Å². The van der Waals surface area contributed by atoms with Crippen molar-refractivity contribution in [1.82, 2.24) is 10.2 Å². The van der Waals surface area contributed by atoms with Crippen LogP contribution in [0.5, 0.6) is 11.5 Å². The molecule has 0 radical (unpaired) electrons. The molecule has 2 aromatic carbocycles. The van der Waals surface area contributed by atoms with Crippen LogP contribution in [0, 0.1) is 0 Å². The standard InChI is InChI=1S/C24H25BrN2O4/c1-30-22-14-17(9-12-21(22)31-15-16-7-10-18(25)11-8-16)13-20-23(28)27(24(29)26-20)19-5-3-2-4-6-19/h7-14,19H,2-6,15H2,1H3,(H,26,29)/b20-13-. The van der Waals surface area contributed by atoms with Crippen molar-refractivity contribution in [2.75, 3.05) is 7.11 Å². The molecule has 0 bridgehead atoms. The van der Waals surface area contributed by atoms with Gasteiger partial charge in [0.05, 0.1) is 7.11 Å². The quantitative estimate of drug-likeness (QED) is 0.448. The zero-order valence-corrected chi connectivity index (χ0v) is 19.0. The van der Waals surface area contributed by atoms with Gasteiger partial charge in [0.15, 0.2) is 11.5 Å². The van der Waals surface area contributed by atoms with E-state index in [-0.39, 0.29) is 18.0 Å². The summed E-state index contributed by atoms with van der Waals surface area (Å²) < 4.78 is 12.4. The van der Waals surface area contributed by atoms with Gasteiger partial charge in [0.25, 0.3) is 5.91 Å². The van der Waals surface area contributed by atoms with E-state index >= 15 is 0 Å². The Morgan fingerprint density at radius 2 is 1.81 bits per heavy atom. The van der Waals surface area contributed by atoms with Gasteiger partial charge in [0, 0.05) is 10.5 Å². The van der Waals surface area contributed by atoms with Crippen LogP contribution in [0.25, 0.3) is 6.08 Å². The zero-order chi connectivity index (χ0) is 21.8. The number of rotatable bonds is 6. The Kier molecular flexibility index (Phi) is 6.61. The largest absolute Gasteiger partial charge is 0.493 e. The summed E-state index contributed by atoms with van der Waals surface area (Å²) in [4.78, 5) is 26.6. The van der Waals surface area contributed by atoms with E-state index in [0.29, 0.717) is 23.8 Å². The molecule has 2 fully saturated rings. The fraction of sp³-hybridized carbons (Fsp3) is 0.333. The van der Waals surface area contributed by atoms with E-state index in [1.54, 1.807) is 19.3 Å². The fourth-order valence-corrected chi connectivity index (χ4v) is 4.29. The van der Waals surface area contributed by atoms with Crippen molar-refractivity contribution in [2.45, 2.75) is 44.8 Å². The minimum Gasteiger partial charge on any atom is -0.493 e. The molecule has 0 unspecified atom stereocenters. The Morgan fingerprint density at radius 3 is 2.52 bits per heavy atom. The lowest BCUT2D eigenvalue weighted by Crippen LogP contribution is -2.41. The number of imide groups is 1. The van der Waals surface area contributed by atoms with Crippen molar-refractivity contribution in [3.63, 3.8) is 0 Å². The number of ether oxygens (including phenoxy) is 2. The van der Waals surface area contributed by atoms with Crippen molar-refractivity contribution in [1.29, 1.82) is 0 Å². The smallest absolute Gasteiger partial charge is 0.329 e. The Labute approximate surface area is 190 Å². The average molecular weight is 485 g/mol. The van der Waals surface area contributed by atoms with Gasteiger partial charge in [-0.15, -0.1) is 0 Å². The van der Waals surface area contributed by atoms with Crippen molar-refractivity contribution < 1.29 is 19.1 Å². The highest BCUT2D eigenvalue weighted by atomic mass is 79.9. The number of nitrogens with one attached hydrogen (secondary N) is 1. The van der Waals surface area contributed by atoms with Gasteiger partial charge in [-0.25, -0.2) is 4.79 Å². The summed E-state index contributed by atoms with van der Waals surface area (Å²) in [6.45, 7) is 0.412. The van der Waals surface area contributed by atoms with E-state index in [1.165, 1.54) is 11.3 Å². The van der Waals surface area contributed by atoms with E-state index in [9.17, 15) is 9.59 Å². The lowest BCUT2D eigenvalue weighted by Gasteiger charge is -2.28. The highest BCUT2D eigenvalue weighted by Gasteiger charge is 2.38. The van der Waals surface area contributed by atoms with Gasteiger partial charge in [-0.2, -0.15) is 0 Å². The molecule has 2 aromatic rings. The molecule has 1 saturated heterocycles. The molecular formula is C24H25BrN2O4. The van der Waals surface area contributed by atoms with Crippen LogP contribution in [-0.4, -0.2) is 30.0 Å². The molecule has 3 amide bonds. The maximum atomic E-state index is 12.8. The van der Waals surface area contributed by atoms with E-state index in [0.717, 1.165) is 41.3 Å². The first-order chi connectivity index (χ1) is 15.0. The average Bonchev–Trinajstić information content (AvgIpc) is 3.07. The lowest BCUT2D eigenvalue weighted by atomic mass is 9.94. The molecule has 162 valence electrons. The fourth-order valence-electron chi connectivity index (χ4n) is 4.02. The van der Waals surface area contributed by atoms with Crippen molar-refractivity contribution in [2.24, 2.45) is 0 Å². The number of carbonyl (C=O) groups excluding carboxylic acids is 2. The number of methoxy groups -OCH3 is 1. The van der Waals surface area contributed by atoms with Crippen LogP contribution in [0.2, 0.25) is 0 Å². The van der Waals surface area contributed by atoms with Crippen LogP contribution < -0.4 is 14.8 Å². The van der Waals surface area contributed by atoms with Crippen LogP contribution in [0.1, 0.15) is 43.2 Å². The second-order valence-corrected chi connectivity index (χ2v) is 8.70. The van der Waals surface area contributed by atoms with E-state index in [1.807, 2.05) is 36.4 Å². The van der Waals surface area contributed by atoms with Gasteiger partial charge >= 0.3 is 6.03 Å². The molecule has 31 heavy (non-hydrogen) atoms.